The van der Waals surface area contributed by atoms with Crippen LogP contribution in [0.1, 0.15) is 32.1 Å². The molecule has 0 bridgehead atoms. The van der Waals surface area contributed by atoms with Crippen LogP contribution in [-0.2, 0) is 0 Å². The summed E-state index contributed by atoms with van der Waals surface area (Å²) in [5, 5.41) is 0. The zero-order valence-electron chi connectivity index (χ0n) is 6.25. The summed E-state index contributed by atoms with van der Waals surface area (Å²) < 4.78 is 0. The minimum Gasteiger partial charge on any atom is -0.327 e. The Hall–Kier alpha value is 0.250. The summed E-state index contributed by atoms with van der Waals surface area (Å²) >= 11 is 0. The second kappa shape index (κ2) is 3.10. The molecule has 0 aromatic heterocycles. The predicted molar refractivity (Wildman–Crippen MR) is 45.3 cm³/mol. The maximum Gasteiger partial charge on any atom is 0.00956 e. The molecular weight excluding hydrogens is 146 g/mol. The van der Waals surface area contributed by atoms with E-state index in [1.807, 2.05) is 0 Å². The molecule has 2 saturated carbocycles. The monoisotopic (exact) mass is 161 g/mol. The van der Waals surface area contributed by atoms with E-state index in [9.17, 15) is 0 Å². The van der Waals surface area contributed by atoms with Crippen molar-refractivity contribution in [3.8, 4) is 0 Å². The highest BCUT2D eigenvalue weighted by molar-refractivity contribution is 5.85. The number of nitrogens with two attached hydrogens (primary N) is 1. The van der Waals surface area contributed by atoms with Gasteiger partial charge in [-0.15, -0.1) is 12.4 Å². The summed E-state index contributed by atoms with van der Waals surface area (Å²) in [7, 11) is 0. The highest BCUT2D eigenvalue weighted by Crippen LogP contribution is 2.40. The molecule has 0 amide bonds. The Morgan fingerprint density at radius 1 is 1.00 bits per heavy atom. The van der Waals surface area contributed by atoms with Gasteiger partial charge in [0.2, 0.25) is 0 Å². The molecule has 2 aliphatic carbocycles. The van der Waals surface area contributed by atoms with Crippen molar-refractivity contribution in [3.05, 3.63) is 0 Å². The zero-order chi connectivity index (χ0) is 6.27. The molecule has 0 aliphatic heterocycles. The average Bonchev–Trinajstić information content (AvgIpc) is 2.37. The van der Waals surface area contributed by atoms with Crippen LogP contribution in [0.15, 0.2) is 0 Å². The fourth-order valence-corrected chi connectivity index (χ4v) is 1.69. The Morgan fingerprint density at radius 2 is 1.50 bits per heavy atom. The summed E-state index contributed by atoms with van der Waals surface area (Å²) in [5.41, 5.74) is 5.98. The van der Waals surface area contributed by atoms with Crippen molar-refractivity contribution < 1.29 is 0 Å². The van der Waals surface area contributed by atoms with Crippen LogP contribution >= 0.6 is 12.4 Å². The molecule has 0 spiro atoms. The van der Waals surface area contributed by atoms with Crippen molar-refractivity contribution in [2.75, 3.05) is 0 Å². The van der Waals surface area contributed by atoms with E-state index >= 15 is 0 Å². The largest absolute Gasteiger partial charge is 0.327 e. The standard InChI is InChI=1S/C8H15N.ClH/c9-8(7-4-5-7)6-2-1-3-6;/h6-8H,1-5,9H2;1H/t8-;/m0./s1. The second-order valence-corrected chi connectivity index (χ2v) is 3.61. The average molecular weight is 162 g/mol. The number of rotatable bonds is 2. The van der Waals surface area contributed by atoms with Crippen LogP contribution in [0.3, 0.4) is 0 Å². The lowest BCUT2D eigenvalue weighted by Crippen LogP contribution is -2.36. The Bertz CT molecular complexity index is 108. The van der Waals surface area contributed by atoms with Gasteiger partial charge in [0, 0.05) is 6.04 Å². The first-order chi connectivity index (χ1) is 4.38. The Balaban J connectivity index is 0.000000500. The fourth-order valence-electron chi connectivity index (χ4n) is 1.69. The number of halogens is 1. The maximum absolute atomic E-state index is 5.98. The molecule has 0 saturated heterocycles. The Labute approximate surface area is 68.8 Å². The molecule has 2 fully saturated rings. The quantitative estimate of drug-likeness (QED) is 0.659. The molecule has 0 aromatic rings. The summed E-state index contributed by atoms with van der Waals surface area (Å²) in [4.78, 5) is 0. The summed E-state index contributed by atoms with van der Waals surface area (Å²) in [6, 6.07) is 0.582. The molecule has 0 aromatic carbocycles. The third-order valence-electron chi connectivity index (χ3n) is 2.86. The van der Waals surface area contributed by atoms with Crippen LogP contribution in [0.25, 0.3) is 0 Å². The SMILES string of the molecule is Cl.N[C@@H](C1CCC1)C1CC1. The van der Waals surface area contributed by atoms with Gasteiger partial charge in [0.05, 0.1) is 0 Å². The van der Waals surface area contributed by atoms with E-state index in [2.05, 4.69) is 0 Å². The normalized spacial score (nSPS) is 28.5. The first kappa shape index (κ1) is 8.35. The van der Waals surface area contributed by atoms with Gasteiger partial charge in [-0.25, -0.2) is 0 Å². The van der Waals surface area contributed by atoms with Crippen LogP contribution in [0.5, 0.6) is 0 Å². The molecule has 0 heterocycles. The van der Waals surface area contributed by atoms with Crippen LogP contribution in [-0.4, -0.2) is 6.04 Å². The van der Waals surface area contributed by atoms with E-state index in [4.69, 9.17) is 5.73 Å². The Kier molecular flexibility index (Phi) is 2.59. The molecular formula is C8H16ClN. The van der Waals surface area contributed by atoms with Gasteiger partial charge in [0.25, 0.3) is 0 Å². The lowest BCUT2D eigenvalue weighted by molar-refractivity contribution is 0.244. The van der Waals surface area contributed by atoms with Crippen molar-refractivity contribution in [1.82, 2.24) is 0 Å². The van der Waals surface area contributed by atoms with Crippen LogP contribution in [0, 0.1) is 11.8 Å². The minimum absolute atomic E-state index is 0. The molecule has 2 heteroatoms. The maximum atomic E-state index is 5.98. The molecule has 60 valence electrons. The van der Waals surface area contributed by atoms with Gasteiger partial charge in [-0.1, -0.05) is 6.42 Å². The highest BCUT2D eigenvalue weighted by atomic mass is 35.5. The first-order valence-electron chi connectivity index (χ1n) is 4.13. The third-order valence-corrected chi connectivity index (χ3v) is 2.86. The smallest absolute Gasteiger partial charge is 0.00956 e. The lowest BCUT2D eigenvalue weighted by Gasteiger charge is -2.31. The molecule has 1 atom stereocenters. The molecule has 2 N–H and O–H groups in total. The van der Waals surface area contributed by atoms with Gasteiger partial charge >= 0.3 is 0 Å². The predicted octanol–water partition coefficient (Wildman–Crippen LogP) is 1.95. The van der Waals surface area contributed by atoms with Crippen molar-refractivity contribution in [1.29, 1.82) is 0 Å². The Morgan fingerprint density at radius 3 is 1.80 bits per heavy atom. The van der Waals surface area contributed by atoms with E-state index < -0.39 is 0 Å². The van der Waals surface area contributed by atoms with E-state index in [1.54, 1.807) is 0 Å². The molecule has 1 nitrogen and oxygen atoms in total. The van der Waals surface area contributed by atoms with Gasteiger partial charge < -0.3 is 5.73 Å². The number of hydrogen-bond donors (Lipinski definition) is 1. The van der Waals surface area contributed by atoms with Crippen molar-refractivity contribution >= 4 is 12.4 Å². The summed E-state index contributed by atoms with van der Waals surface area (Å²) in [6.07, 6.45) is 7.09. The fraction of sp³-hybridized carbons (Fsp3) is 1.00. The second-order valence-electron chi connectivity index (χ2n) is 3.61. The van der Waals surface area contributed by atoms with Gasteiger partial charge in [-0.3, -0.25) is 0 Å². The molecule has 2 rings (SSSR count). The number of hydrogen-bond acceptors (Lipinski definition) is 1. The summed E-state index contributed by atoms with van der Waals surface area (Å²) in [5.74, 6) is 1.84. The first-order valence-corrected chi connectivity index (χ1v) is 4.13. The van der Waals surface area contributed by atoms with E-state index in [0.29, 0.717) is 6.04 Å². The highest BCUT2D eigenvalue weighted by Gasteiger charge is 2.35. The lowest BCUT2D eigenvalue weighted by atomic mass is 9.78. The molecule has 0 radical (unpaired) electrons. The van der Waals surface area contributed by atoms with Gasteiger partial charge in [0.1, 0.15) is 0 Å². The van der Waals surface area contributed by atoms with Crippen LogP contribution < -0.4 is 5.73 Å². The molecule has 0 unspecified atom stereocenters. The van der Waals surface area contributed by atoms with E-state index in [0.717, 1.165) is 11.8 Å². The summed E-state index contributed by atoms with van der Waals surface area (Å²) in [6.45, 7) is 0. The van der Waals surface area contributed by atoms with Crippen molar-refractivity contribution in [3.63, 3.8) is 0 Å². The van der Waals surface area contributed by atoms with Gasteiger partial charge in [-0.2, -0.15) is 0 Å². The van der Waals surface area contributed by atoms with Crippen molar-refractivity contribution in [2.24, 2.45) is 17.6 Å². The van der Waals surface area contributed by atoms with Crippen LogP contribution in [0.2, 0.25) is 0 Å². The van der Waals surface area contributed by atoms with E-state index in [1.165, 1.54) is 32.1 Å². The van der Waals surface area contributed by atoms with Gasteiger partial charge in [-0.05, 0) is 37.5 Å². The molecule has 10 heavy (non-hydrogen) atoms. The van der Waals surface area contributed by atoms with Crippen molar-refractivity contribution in [2.45, 2.75) is 38.1 Å². The molecule has 2 aliphatic rings. The van der Waals surface area contributed by atoms with Gasteiger partial charge in [0.15, 0.2) is 0 Å². The zero-order valence-corrected chi connectivity index (χ0v) is 7.07. The minimum atomic E-state index is 0. The van der Waals surface area contributed by atoms with Crippen LogP contribution in [0.4, 0.5) is 0 Å². The third kappa shape index (κ3) is 1.46. The van der Waals surface area contributed by atoms with E-state index in [-0.39, 0.29) is 12.4 Å². The topological polar surface area (TPSA) is 26.0 Å².